The Hall–Kier alpha value is -3.75. The van der Waals surface area contributed by atoms with E-state index in [4.69, 9.17) is 4.52 Å². The normalized spacial score (nSPS) is 21.2. The number of carbonyl (C=O) groups is 3. The minimum atomic E-state index is -1.15. The van der Waals surface area contributed by atoms with E-state index in [9.17, 15) is 18.8 Å². The quantitative estimate of drug-likeness (QED) is 0.573. The summed E-state index contributed by atoms with van der Waals surface area (Å²) in [6.07, 6.45) is 1.46. The highest BCUT2D eigenvalue weighted by Crippen LogP contribution is 2.35. The van der Waals surface area contributed by atoms with Crippen molar-refractivity contribution in [3.63, 3.8) is 0 Å². The molecular weight excluding hydrogens is 439 g/mol. The smallest absolute Gasteiger partial charge is 0.322 e. The fourth-order valence-corrected chi connectivity index (χ4v) is 5.05. The molecule has 9 heteroatoms. The van der Waals surface area contributed by atoms with E-state index in [2.05, 4.69) is 15.8 Å². The van der Waals surface area contributed by atoms with Crippen LogP contribution in [-0.4, -0.2) is 41.0 Å². The summed E-state index contributed by atoms with van der Waals surface area (Å²) in [4.78, 5) is 39.2. The molecule has 3 aromatic rings. The first-order chi connectivity index (χ1) is 16.3. The van der Waals surface area contributed by atoms with Crippen molar-refractivity contribution >= 4 is 28.8 Å². The average Bonchev–Trinajstić information content (AvgIpc) is 3.38. The van der Waals surface area contributed by atoms with Gasteiger partial charge in [-0.3, -0.25) is 14.9 Å². The van der Waals surface area contributed by atoms with Crippen LogP contribution in [-0.2, 0) is 10.3 Å². The maximum absolute atomic E-state index is 13.4. The van der Waals surface area contributed by atoms with Crippen molar-refractivity contribution < 1.29 is 23.3 Å². The number of nitrogens with zero attached hydrogens (tertiary/aromatic N) is 2. The summed E-state index contributed by atoms with van der Waals surface area (Å²) in [6, 6.07) is 10.8. The Bertz CT molecular complexity index is 1280. The van der Waals surface area contributed by atoms with Crippen molar-refractivity contribution in [2.45, 2.75) is 38.1 Å². The van der Waals surface area contributed by atoms with Gasteiger partial charge in [-0.15, -0.1) is 0 Å². The summed E-state index contributed by atoms with van der Waals surface area (Å²) >= 11 is 0. The molecule has 0 radical (unpaired) electrons. The van der Waals surface area contributed by atoms with Crippen molar-refractivity contribution in [1.82, 2.24) is 20.7 Å². The van der Waals surface area contributed by atoms with Crippen LogP contribution >= 0.6 is 0 Å². The molecule has 1 unspecified atom stereocenters. The van der Waals surface area contributed by atoms with E-state index in [1.54, 1.807) is 35.2 Å². The van der Waals surface area contributed by atoms with E-state index in [1.807, 2.05) is 13.8 Å². The van der Waals surface area contributed by atoms with E-state index in [1.165, 1.54) is 12.1 Å². The van der Waals surface area contributed by atoms with Crippen LogP contribution in [0.4, 0.5) is 9.18 Å². The number of carbonyl (C=O) groups excluding carboxylic acids is 3. The molecule has 0 saturated carbocycles. The number of likely N-dealkylation sites (tertiary alicyclic amines) is 1. The van der Waals surface area contributed by atoms with E-state index < -0.39 is 17.5 Å². The zero-order valence-corrected chi connectivity index (χ0v) is 18.9. The van der Waals surface area contributed by atoms with Gasteiger partial charge in [-0.25, -0.2) is 9.18 Å². The van der Waals surface area contributed by atoms with Gasteiger partial charge in [-0.05, 0) is 48.6 Å². The summed E-state index contributed by atoms with van der Waals surface area (Å²) in [5, 5.41) is 10.0. The highest BCUT2D eigenvalue weighted by Gasteiger charge is 2.50. The lowest BCUT2D eigenvalue weighted by atomic mass is 9.79. The molecule has 0 bridgehead atoms. The number of halogens is 1. The van der Waals surface area contributed by atoms with Gasteiger partial charge >= 0.3 is 6.03 Å². The topological polar surface area (TPSA) is 105 Å². The van der Waals surface area contributed by atoms with Crippen LogP contribution in [0.2, 0.25) is 0 Å². The van der Waals surface area contributed by atoms with Gasteiger partial charge in [0.25, 0.3) is 11.8 Å². The predicted octanol–water partition coefficient (Wildman–Crippen LogP) is 3.68. The summed E-state index contributed by atoms with van der Waals surface area (Å²) in [5.74, 6) is -0.888. The van der Waals surface area contributed by atoms with Crippen LogP contribution in [0, 0.1) is 11.7 Å². The second-order valence-electron chi connectivity index (χ2n) is 9.22. The van der Waals surface area contributed by atoms with Gasteiger partial charge in [-0.2, -0.15) is 0 Å². The summed E-state index contributed by atoms with van der Waals surface area (Å²) in [6.45, 7) is 4.86. The molecule has 0 aliphatic carbocycles. The molecular formula is C25H25FN4O4. The minimum absolute atomic E-state index is 0.0874. The fraction of sp³-hybridized carbons (Fsp3) is 0.360. The van der Waals surface area contributed by atoms with Gasteiger partial charge in [0.1, 0.15) is 11.4 Å². The van der Waals surface area contributed by atoms with Gasteiger partial charge in [-0.1, -0.05) is 31.1 Å². The standard InChI is InChI=1S/C25H25FN4O4/c1-14(2)25(23(32)27-24(33)28-25)17-5-3-16(4-6-17)22(31)30-11-9-15(10-12-30)21-19-8-7-18(26)13-20(19)34-29-21/h3-8,13-15H,9-12H2,1-2H3,(H2,27,28,32,33). The van der Waals surface area contributed by atoms with Crippen LogP contribution < -0.4 is 10.6 Å². The molecule has 4 amide bonds. The van der Waals surface area contributed by atoms with Gasteiger partial charge in [0, 0.05) is 36.0 Å². The fourth-order valence-electron chi connectivity index (χ4n) is 5.05. The first-order valence-electron chi connectivity index (χ1n) is 11.4. The minimum Gasteiger partial charge on any atom is -0.356 e. The van der Waals surface area contributed by atoms with Crippen molar-refractivity contribution in [3.05, 3.63) is 65.1 Å². The second-order valence-corrected chi connectivity index (χ2v) is 9.22. The first kappa shape index (κ1) is 22.1. The van der Waals surface area contributed by atoms with Gasteiger partial charge in [0.15, 0.2) is 5.58 Å². The Labute approximate surface area is 195 Å². The SMILES string of the molecule is CC(C)C1(c2ccc(C(=O)N3CCC(c4noc5cc(F)ccc45)CC3)cc2)NC(=O)NC1=O. The lowest BCUT2D eigenvalue weighted by Gasteiger charge is -2.32. The molecule has 1 atom stereocenters. The summed E-state index contributed by atoms with van der Waals surface area (Å²) in [7, 11) is 0. The molecule has 0 spiro atoms. The maximum Gasteiger partial charge on any atom is 0.322 e. The number of amides is 4. The molecule has 5 rings (SSSR count). The van der Waals surface area contributed by atoms with E-state index in [-0.39, 0.29) is 23.6 Å². The number of rotatable bonds is 4. The van der Waals surface area contributed by atoms with Gasteiger partial charge < -0.3 is 14.7 Å². The number of fused-ring (bicyclic) bond motifs is 1. The Morgan fingerprint density at radius 1 is 1.15 bits per heavy atom. The second kappa shape index (κ2) is 8.23. The van der Waals surface area contributed by atoms with Gasteiger partial charge in [0.05, 0.1) is 5.69 Å². The number of imide groups is 1. The first-order valence-corrected chi connectivity index (χ1v) is 11.4. The van der Waals surface area contributed by atoms with Crippen LogP contribution in [0.3, 0.4) is 0 Å². The number of nitrogens with one attached hydrogen (secondary N) is 2. The maximum atomic E-state index is 13.4. The van der Waals surface area contributed by atoms with E-state index in [0.717, 1.165) is 23.9 Å². The Morgan fingerprint density at radius 3 is 2.47 bits per heavy atom. The monoisotopic (exact) mass is 464 g/mol. The van der Waals surface area contributed by atoms with E-state index >= 15 is 0 Å². The van der Waals surface area contributed by atoms with Crippen molar-refractivity contribution in [2.24, 2.45) is 5.92 Å². The van der Waals surface area contributed by atoms with Crippen LogP contribution in [0.25, 0.3) is 11.0 Å². The molecule has 2 saturated heterocycles. The molecule has 3 heterocycles. The number of piperidine rings is 1. The van der Waals surface area contributed by atoms with Crippen molar-refractivity contribution in [1.29, 1.82) is 0 Å². The third-order valence-corrected chi connectivity index (χ3v) is 6.98. The van der Waals surface area contributed by atoms with Crippen molar-refractivity contribution in [2.75, 3.05) is 13.1 Å². The highest BCUT2D eigenvalue weighted by molar-refractivity contribution is 6.07. The highest BCUT2D eigenvalue weighted by atomic mass is 19.1. The molecule has 2 aromatic carbocycles. The average molecular weight is 464 g/mol. The molecule has 2 fully saturated rings. The number of benzene rings is 2. The number of urea groups is 1. The van der Waals surface area contributed by atoms with Crippen LogP contribution in [0.5, 0.6) is 0 Å². The van der Waals surface area contributed by atoms with Crippen LogP contribution in [0.1, 0.15) is 54.2 Å². The molecule has 8 nitrogen and oxygen atoms in total. The number of aromatic nitrogens is 1. The van der Waals surface area contributed by atoms with E-state index in [0.29, 0.717) is 29.8 Å². The van der Waals surface area contributed by atoms with Crippen molar-refractivity contribution in [3.8, 4) is 0 Å². The zero-order chi connectivity index (χ0) is 24.0. The molecule has 2 N–H and O–H groups in total. The van der Waals surface area contributed by atoms with Gasteiger partial charge in [0.2, 0.25) is 0 Å². The lowest BCUT2D eigenvalue weighted by Crippen LogP contribution is -2.48. The molecule has 176 valence electrons. The Kier molecular flexibility index (Phi) is 5.34. The molecule has 1 aromatic heterocycles. The Balaban J connectivity index is 1.28. The summed E-state index contributed by atoms with van der Waals surface area (Å²) < 4.78 is 18.7. The molecule has 2 aliphatic heterocycles. The molecule has 2 aliphatic rings. The number of hydrogen-bond donors (Lipinski definition) is 2. The largest absolute Gasteiger partial charge is 0.356 e. The van der Waals surface area contributed by atoms with Crippen LogP contribution in [0.15, 0.2) is 47.0 Å². The third kappa shape index (κ3) is 3.52. The molecule has 34 heavy (non-hydrogen) atoms. The third-order valence-electron chi connectivity index (χ3n) is 6.98. The Morgan fingerprint density at radius 2 is 1.85 bits per heavy atom. The lowest BCUT2D eigenvalue weighted by molar-refractivity contribution is -0.125. The number of hydrogen-bond acceptors (Lipinski definition) is 5. The predicted molar refractivity (Wildman–Crippen MR) is 121 cm³/mol. The zero-order valence-electron chi connectivity index (χ0n) is 18.9. The summed E-state index contributed by atoms with van der Waals surface area (Å²) in [5.41, 5.74) is 1.24.